The number of ether oxygens (including phenoxy) is 2. The first-order valence-electron chi connectivity index (χ1n) is 7.51. The van der Waals surface area contributed by atoms with Gasteiger partial charge in [0.15, 0.2) is 0 Å². The molecule has 0 radical (unpaired) electrons. The van der Waals surface area contributed by atoms with Crippen LogP contribution in [-0.2, 0) is 15.9 Å². The molecule has 1 atom stereocenters. The van der Waals surface area contributed by atoms with E-state index in [2.05, 4.69) is 0 Å². The molecule has 0 saturated heterocycles. The zero-order valence-electron chi connectivity index (χ0n) is 13.8. The number of thiophene rings is 1. The van der Waals surface area contributed by atoms with Gasteiger partial charge in [-0.2, -0.15) is 0 Å². The molecular weight excluding hydrogens is 302 g/mol. The Bertz CT molecular complexity index is 573. The van der Waals surface area contributed by atoms with Gasteiger partial charge in [0.1, 0.15) is 5.60 Å². The summed E-state index contributed by atoms with van der Waals surface area (Å²) in [5, 5.41) is 1.83. The molecule has 1 aliphatic heterocycles. The van der Waals surface area contributed by atoms with Crippen LogP contribution in [0, 0.1) is 0 Å². The summed E-state index contributed by atoms with van der Waals surface area (Å²) in [7, 11) is 0. The highest BCUT2D eigenvalue weighted by atomic mass is 32.1. The van der Waals surface area contributed by atoms with Gasteiger partial charge in [-0.05, 0) is 46.6 Å². The maximum Gasteiger partial charge on any atom is 0.410 e. The zero-order chi connectivity index (χ0) is 16.5. The second-order valence-corrected chi connectivity index (χ2v) is 7.22. The van der Waals surface area contributed by atoms with Crippen LogP contribution in [0.1, 0.15) is 61.5 Å². The molecule has 0 aromatic carbocycles. The molecule has 22 heavy (non-hydrogen) atoms. The highest BCUT2D eigenvalue weighted by Crippen LogP contribution is 2.37. The lowest BCUT2D eigenvalue weighted by Gasteiger charge is -2.35. The zero-order valence-corrected chi connectivity index (χ0v) is 14.6. The normalized spacial score (nSPS) is 17.9. The highest BCUT2D eigenvalue weighted by molar-refractivity contribution is 7.10. The summed E-state index contributed by atoms with van der Waals surface area (Å²) in [5.74, 6) is -0.280. The van der Waals surface area contributed by atoms with E-state index in [-0.39, 0.29) is 18.1 Å². The molecule has 0 fully saturated rings. The minimum absolute atomic E-state index is 0.0909. The molecule has 0 N–H and O–H groups in total. The van der Waals surface area contributed by atoms with Crippen molar-refractivity contribution in [3.8, 4) is 0 Å². The Balaban J connectivity index is 2.19. The minimum atomic E-state index is -0.511. The third-order valence-electron chi connectivity index (χ3n) is 3.50. The Morgan fingerprint density at radius 3 is 2.68 bits per heavy atom. The van der Waals surface area contributed by atoms with E-state index in [1.54, 1.807) is 11.8 Å². The average molecular weight is 325 g/mol. The van der Waals surface area contributed by atoms with Crippen LogP contribution in [-0.4, -0.2) is 35.7 Å². The van der Waals surface area contributed by atoms with Gasteiger partial charge in [0.05, 0.1) is 18.2 Å². The third-order valence-corrected chi connectivity index (χ3v) is 4.69. The first-order valence-corrected chi connectivity index (χ1v) is 8.39. The van der Waals surface area contributed by atoms with Crippen molar-refractivity contribution in [1.82, 2.24) is 4.90 Å². The van der Waals surface area contributed by atoms with Crippen molar-refractivity contribution in [2.24, 2.45) is 0 Å². The van der Waals surface area contributed by atoms with E-state index in [4.69, 9.17) is 9.47 Å². The van der Waals surface area contributed by atoms with E-state index < -0.39 is 5.60 Å². The molecule has 0 spiro atoms. The number of fused-ring (bicyclic) bond motifs is 1. The number of amides is 1. The quantitative estimate of drug-likeness (QED) is 0.777. The predicted octanol–water partition coefficient (Wildman–Crippen LogP) is 3.78. The van der Waals surface area contributed by atoms with Crippen molar-refractivity contribution in [1.29, 1.82) is 0 Å². The first-order chi connectivity index (χ1) is 10.2. The molecule has 5 nitrogen and oxygen atoms in total. The van der Waals surface area contributed by atoms with Gasteiger partial charge >= 0.3 is 12.1 Å². The van der Waals surface area contributed by atoms with E-state index in [1.165, 1.54) is 11.3 Å². The number of carbonyl (C=O) groups excluding carboxylic acids is 2. The number of rotatable bonds is 2. The van der Waals surface area contributed by atoms with Crippen LogP contribution in [0.4, 0.5) is 4.79 Å². The van der Waals surface area contributed by atoms with E-state index in [9.17, 15) is 9.59 Å². The molecule has 2 heterocycles. The molecule has 1 aromatic heterocycles. The van der Waals surface area contributed by atoms with Crippen molar-refractivity contribution < 1.29 is 19.1 Å². The molecular formula is C16H23NO4S. The van der Waals surface area contributed by atoms with E-state index >= 15 is 0 Å². The molecule has 122 valence electrons. The lowest BCUT2D eigenvalue weighted by molar-refractivity contribution is 0.0163. The van der Waals surface area contributed by atoms with Crippen LogP contribution in [0.2, 0.25) is 0 Å². The fraction of sp³-hybridized carbons (Fsp3) is 0.625. The number of carbonyl (C=O) groups is 2. The van der Waals surface area contributed by atoms with Crippen LogP contribution >= 0.6 is 11.3 Å². The topological polar surface area (TPSA) is 55.8 Å². The van der Waals surface area contributed by atoms with Gasteiger partial charge in [-0.25, -0.2) is 9.59 Å². The third kappa shape index (κ3) is 3.43. The lowest BCUT2D eigenvalue weighted by atomic mass is 9.99. The van der Waals surface area contributed by atoms with Crippen LogP contribution in [0.25, 0.3) is 0 Å². The Morgan fingerprint density at radius 2 is 2.09 bits per heavy atom. The summed E-state index contributed by atoms with van der Waals surface area (Å²) >= 11 is 1.50. The Morgan fingerprint density at radius 1 is 1.41 bits per heavy atom. The van der Waals surface area contributed by atoms with E-state index in [0.717, 1.165) is 10.4 Å². The molecule has 1 amide bonds. The molecule has 6 heteroatoms. The summed E-state index contributed by atoms with van der Waals surface area (Å²) in [6.07, 6.45) is 0.341. The van der Waals surface area contributed by atoms with Crippen molar-refractivity contribution in [3.63, 3.8) is 0 Å². The van der Waals surface area contributed by atoms with Crippen LogP contribution < -0.4 is 0 Å². The smallest absolute Gasteiger partial charge is 0.410 e. The molecule has 0 aliphatic carbocycles. The lowest BCUT2D eigenvalue weighted by Crippen LogP contribution is -2.41. The maximum absolute atomic E-state index is 12.3. The van der Waals surface area contributed by atoms with Gasteiger partial charge in [-0.15, -0.1) is 11.3 Å². The molecule has 0 bridgehead atoms. The molecule has 0 unspecified atom stereocenters. The highest BCUT2D eigenvalue weighted by Gasteiger charge is 2.34. The first kappa shape index (κ1) is 16.8. The summed E-state index contributed by atoms with van der Waals surface area (Å²) in [4.78, 5) is 27.0. The monoisotopic (exact) mass is 325 g/mol. The Hall–Kier alpha value is -1.56. The van der Waals surface area contributed by atoms with Crippen molar-refractivity contribution in [2.75, 3.05) is 13.2 Å². The SMILES string of the molecule is CCOC(=O)c1csc2c1CCN(C(=O)OC(C)(C)C)[C@@H]2C. The Labute approximate surface area is 135 Å². The molecule has 0 saturated carbocycles. The average Bonchev–Trinajstić information content (AvgIpc) is 2.82. The molecule has 1 aliphatic rings. The predicted molar refractivity (Wildman–Crippen MR) is 85.3 cm³/mol. The van der Waals surface area contributed by atoms with Gasteiger partial charge in [0.2, 0.25) is 0 Å². The van der Waals surface area contributed by atoms with Gasteiger partial charge in [-0.3, -0.25) is 0 Å². The van der Waals surface area contributed by atoms with Crippen LogP contribution in [0.15, 0.2) is 5.38 Å². The largest absolute Gasteiger partial charge is 0.462 e. The molecule has 1 aromatic rings. The fourth-order valence-electron chi connectivity index (χ4n) is 2.52. The van der Waals surface area contributed by atoms with E-state index in [0.29, 0.717) is 25.1 Å². The Kier molecular flexibility index (Phi) is 4.80. The summed E-state index contributed by atoms with van der Waals surface area (Å²) in [6, 6.07) is -0.0909. The number of esters is 1. The number of nitrogens with zero attached hydrogens (tertiary/aromatic N) is 1. The van der Waals surface area contributed by atoms with Crippen LogP contribution in [0.5, 0.6) is 0 Å². The van der Waals surface area contributed by atoms with Gasteiger partial charge < -0.3 is 14.4 Å². The van der Waals surface area contributed by atoms with Gasteiger partial charge in [0.25, 0.3) is 0 Å². The van der Waals surface area contributed by atoms with Gasteiger partial charge in [-0.1, -0.05) is 0 Å². The van der Waals surface area contributed by atoms with Crippen molar-refractivity contribution >= 4 is 23.4 Å². The summed E-state index contributed by atoms with van der Waals surface area (Å²) in [6.45, 7) is 10.2. The minimum Gasteiger partial charge on any atom is -0.462 e. The fourth-order valence-corrected chi connectivity index (χ4v) is 3.69. The number of hydrogen-bond donors (Lipinski definition) is 0. The van der Waals surface area contributed by atoms with Crippen molar-refractivity contribution in [3.05, 3.63) is 21.4 Å². The van der Waals surface area contributed by atoms with Crippen LogP contribution in [0.3, 0.4) is 0 Å². The number of hydrogen-bond acceptors (Lipinski definition) is 5. The van der Waals surface area contributed by atoms with Crippen molar-refractivity contribution in [2.45, 2.75) is 52.7 Å². The summed E-state index contributed by atoms with van der Waals surface area (Å²) < 4.78 is 10.5. The summed E-state index contributed by atoms with van der Waals surface area (Å²) in [5.41, 5.74) is 1.14. The maximum atomic E-state index is 12.3. The standard InChI is InChI=1S/C16H23NO4S/c1-6-20-14(18)12-9-22-13-10(2)17(8-7-11(12)13)15(19)21-16(3,4)5/h9-10H,6-8H2,1-5H3/t10-/m1/s1. The second kappa shape index (κ2) is 6.28. The molecule has 2 rings (SSSR count). The van der Waals surface area contributed by atoms with Gasteiger partial charge in [0, 0.05) is 16.8 Å². The second-order valence-electron chi connectivity index (χ2n) is 6.31. The van der Waals surface area contributed by atoms with E-state index in [1.807, 2.05) is 33.1 Å².